The molecule has 1 N–H and O–H groups in total. The minimum atomic E-state index is 0.0233. The van der Waals surface area contributed by atoms with Crippen LogP contribution in [0.5, 0.6) is 5.75 Å². The molecule has 0 aliphatic heterocycles. The molecule has 25 heavy (non-hydrogen) atoms. The van der Waals surface area contributed by atoms with Gasteiger partial charge in [-0.2, -0.15) is 0 Å². The van der Waals surface area contributed by atoms with Gasteiger partial charge in [-0.25, -0.2) is 0 Å². The molecule has 130 valence electrons. The lowest BCUT2D eigenvalue weighted by atomic mass is 9.95. The van der Waals surface area contributed by atoms with Gasteiger partial charge in [-0.3, -0.25) is 4.79 Å². The zero-order chi connectivity index (χ0) is 17.2. The molecule has 4 rings (SSSR count). The normalized spacial score (nSPS) is 24.3. The number of fused-ring (bicyclic) bond motifs is 2. The van der Waals surface area contributed by atoms with E-state index in [1.54, 1.807) is 0 Å². The Bertz CT molecular complexity index is 759. The maximum Gasteiger partial charge on any atom is 0.251 e. The highest BCUT2D eigenvalue weighted by molar-refractivity contribution is 6.31. The van der Waals surface area contributed by atoms with Crippen molar-refractivity contribution in [3.8, 4) is 5.75 Å². The molecule has 2 aliphatic rings. The van der Waals surface area contributed by atoms with Crippen LogP contribution in [0.1, 0.15) is 41.6 Å². The monoisotopic (exact) mass is 355 g/mol. The summed E-state index contributed by atoms with van der Waals surface area (Å²) in [5, 5.41) is 3.91. The maximum absolute atomic E-state index is 12.4. The fraction of sp³-hybridized carbons (Fsp3) is 0.381. The number of carbonyl (C=O) groups excluding carboxylic acids is 1. The average Bonchev–Trinajstić information content (AvgIpc) is 3.24. The minimum absolute atomic E-state index is 0.0233. The molecule has 3 nitrogen and oxygen atoms in total. The zero-order valence-corrected chi connectivity index (χ0v) is 14.8. The van der Waals surface area contributed by atoms with Gasteiger partial charge in [0.05, 0.1) is 0 Å². The molecule has 0 spiro atoms. The molecule has 2 aromatic carbocycles. The van der Waals surface area contributed by atoms with Gasteiger partial charge in [0.15, 0.2) is 0 Å². The summed E-state index contributed by atoms with van der Waals surface area (Å²) >= 11 is 6.13. The summed E-state index contributed by atoms with van der Waals surface area (Å²) in [4.78, 5) is 12.4. The van der Waals surface area contributed by atoms with Crippen molar-refractivity contribution in [1.29, 1.82) is 0 Å². The van der Waals surface area contributed by atoms with Gasteiger partial charge in [-0.15, -0.1) is 0 Å². The van der Waals surface area contributed by atoms with Crippen molar-refractivity contribution in [2.45, 2.75) is 38.3 Å². The third-order valence-electron chi connectivity index (χ3n) is 5.52. The minimum Gasteiger partial charge on any atom is -0.489 e. The van der Waals surface area contributed by atoms with E-state index in [-0.39, 0.29) is 5.91 Å². The summed E-state index contributed by atoms with van der Waals surface area (Å²) in [6.45, 7) is 0.413. The van der Waals surface area contributed by atoms with E-state index in [0.29, 0.717) is 29.2 Å². The van der Waals surface area contributed by atoms with Crippen LogP contribution in [0.25, 0.3) is 0 Å². The molecule has 1 amide bonds. The number of halogens is 1. The van der Waals surface area contributed by atoms with Gasteiger partial charge in [0.2, 0.25) is 0 Å². The number of hydrogen-bond acceptors (Lipinski definition) is 2. The van der Waals surface area contributed by atoms with E-state index in [1.165, 1.54) is 19.3 Å². The second-order valence-electron chi connectivity index (χ2n) is 7.16. The molecule has 2 aliphatic carbocycles. The highest BCUT2D eigenvalue weighted by Crippen LogP contribution is 2.44. The van der Waals surface area contributed by atoms with E-state index in [2.05, 4.69) is 5.32 Å². The van der Waals surface area contributed by atoms with Crippen LogP contribution in [-0.2, 0) is 6.61 Å². The maximum atomic E-state index is 12.4. The van der Waals surface area contributed by atoms with Crippen LogP contribution in [0.2, 0.25) is 5.02 Å². The Morgan fingerprint density at radius 3 is 2.56 bits per heavy atom. The lowest BCUT2D eigenvalue weighted by Crippen LogP contribution is -2.38. The molecular weight excluding hydrogens is 334 g/mol. The molecule has 3 atom stereocenters. The highest BCUT2D eigenvalue weighted by Gasteiger charge is 2.40. The smallest absolute Gasteiger partial charge is 0.251 e. The van der Waals surface area contributed by atoms with Crippen LogP contribution >= 0.6 is 11.6 Å². The summed E-state index contributed by atoms with van der Waals surface area (Å²) in [7, 11) is 0. The summed E-state index contributed by atoms with van der Waals surface area (Å²) in [6.07, 6.45) is 5.05. The second kappa shape index (κ2) is 7.09. The first-order valence-electron chi connectivity index (χ1n) is 8.96. The lowest BCUT2D eigenvalue weighted by Gasteiger charge is -2.22. The zero-order valence-electron chi connectivity index (χ0n) is 14.1. The summed E-state index contributed by atoms with van der Waals surface area (Å²) < 4.78 is 5.77. The standard InChI is InChI=1S/C21H22ClNO2/c22-19-4-2-1-3-17(19)13-25-18-9-7-15(8-10-18)21(24)23-20-12-14-5-6-16(20)11-14/h1-4,7-10,14,16,20H,5-6,11-13H2,(H,23,24)/t14-,16-,20+/m1/s1. The summed E-state index contributed by atoms with van der Waals surface area (Å²) in [5.74, 6) is 2.27. The number of hydrogen-bond donors (Lipinski definition) is 1. The molecule has 0 unspecified atom stereocenters. The Morgan fingerprint density at radius 1 is 1.08 bits per heavy atom. The summed E-state index contributed by atoms with van der Waals surface area (Å²) in [5.41, 5.74) is 1.63. The Morgan fingerprint density at radius 2 is 1.88 bits per heavy atom. The molecule has 4 heteroatoms. The average molecular weight is 356 g/mol. The van der Waals surface area contributed by atoms with Crippen LogP contribution in [0.4, 0.5) is 0 Å². The van der Waals surface area contributed by atoms with Crippen molar-refractivity contribution in [2.24, 2.45) is 11.8 Å². The van der Waals surface area contributed by atoms with Crippen molar-refractivity contribution < 1.29 is 9.53 Å². The van der Waals surface area contributed by atoms with E-state index < -0.39 is 0 Å². The Hall–Kier alpha value is -2.00. The third kappa shape index (κ3) is 3.67. The predicted molar refractivity (Wildman–Crippen MR) is 98.9 cm³/mol. The fourth-order valence-corrected chi connectivity index (χ4v) is 4.34. The van der Waals surface area contributed by atoms with Crippen LogP contribution in [0, 0.1) is 11.8 Å². The van der Waals surface area contributed by atoms with Gasteiger partial charge in [-0.05, 0) is 61.4 Å². The third-order valence-corrected chi connectivity index (χ3v) is 5.89. The van der Waals surface area contributed by atoms with Crippen molar-refractivity contribution in [3.63, 3.8) is 0 Å². The topological polar surface area (TPSA) is 38.3 Å². The number of nitrogens with one attached hydrogen (secondary N) is 1. The van der Waals surface area contributed by atoms with E-state index in [1.807, 2.05) is 48.5 Å². The fourth-order valence-electron chi connectivity index (χ4n) is 4.15. The number of rotatable bonds is 5. The largest absolute Gasteiger partial charge is 0.489 e. The first kappa shape index (κ1) is 16.5. The Balaban J connectivity index is 1.33. The quantitative estimate of drug-likeness (QED) is 0.833. The lowest BCUT2D eigenvalue weighted by molar-refractivity contribution is 0.0923. The van der Waals surface area contributed by atoms with Gasteiger partial charge in [0, 0.05) is 22.2 Å². The number of benzene rings is 2. The molecule has 0 radical (unpaired) electrons. The second-order valence-corrected chi connectivity index (χ2v) is 7.57. The SMILES string of the molecule is O=C(N[C@H]1C[C@@H]2CC[C@@H]1C2)c1ccc(OCc2ccccc2Cl)cc1. The number of amides is 1. The highest BCUT2D eigenvalue weighted by atomic mass is 35.5. The van der Waals surface area contributed by atoms with Crippen LogP contribution in [0.3, 0.4) is 0 Å². The van der Waals surface area contributed by atoms with Crippen LogP contribution in [0.15, 0.2) is 48.5 Å². The van der Waals surface area contributed by atoms with Crippen LogP contribution < -0.4 is 10.1 Å². The van der Waals surface area contributed by atoms with E-state index >= 15 is 0 Å². The molecular formula is C21H22ClNO2. The van der Waals surface area contributed by atoms with Gasteiger partial charge in [0.1, 0.15) is 12.4 Å². The molecule has 2 saturated carbocycles. The van der Waals surface area contributed by atoms with Crippen molar-refractivity contribution >= 4 is 17.5 Å². The van der Waals surface area contributed by atoms with Crippen molar-refractivity contribution in [3.05, 3.63) is 64.7 Å². The van der Waals surface area contributed by atoms with Crippen molar-refractivity contribution in [2.75, 3.05) is 0 Å². The van der Waals surface area contributed by atoms with Crippen LogP contribution in [-0.4, -0.2) is 11.9 Å². The molecule has 2 aromatic rings. The van der Waals surface area contributed by atoms with E-state index in [0.717, 1.165) is 23.7 Å². The Kier molecular flexibility index (Phi) is 4.67. The molecule has 2 bridgehead atoms. The summed E-state index contributed by atoms with van der Waals surface area (Å²) in [6, 6.07) is 15.3. The number of carbonyl (C=O) groups is 1. The first-order chi connectivity index (χ1) is 12.2. The molecule has 2 fully saturated rings. The van der Waals surface area contributed by atoms with Crippen molar-refractivity contribution in [1.82, 2.24) is 5.32 Å². The first-order valence-corrected chi connectivity index (χ1v) is 9.34. The van der Waals surface area contributed by atoms with E-state index in [9.17, 15) is 4.79 Å². The predicted octanol–water partition coefficient (Wildman–Crippen LogP) is 4.84. The molecule has 0 saturated heterocycles. The van der Waals surface area contributed by atoms with Gasteiger partial charge in [0.25, 0.3) is 5.91 Å². The van der Waals surface area contributed by atoms with Gasteiger partial charge in [-0.1, -0.05) is 36.2 Å². The number of ether oxygens (including phenoxy) is 1. The van der Waals surface area contributed by atoms with Gasteiger partial charge < -0.3 is 10.1 Å². The van der Waals surface area contributed by atoms with Gasteiger partial charge >= 0.3 is 0 Å². The Labute approximate surface area is 153 Å². The van der Waals surface area contributed by atoms with E-state index in [4.69, 9.17) is 16.3 Å². The molecule has 0 aromatic heterocycles. The molecule has 0 heterocycles.